The smallest absolute Gasteiger partial charge is 0.274 e. The van der Waals surface area contributed by atoms with Gasteiger partial charge in [-0.3, -0.25) is 9.78 Å². The Morgan fingerprint density at radius 1 is 1.33 bits per heavy atom. The molecule has 2 aromatic rings. The topological polar surface area (TPSA) is 65.8 Å². The van der Waals surface area contributed by atoms with E-state index in [0.717, 1.165) is 5.56 Å². The Morgan fingerprint density at radius 2 is 2.17 bits per heavy atom. The van der Waals surface area contributed by atoms with Crippen molar-refractivity contribution in [3.05, 3.63) is 59.4 Å². The molecule has 1 aromatic heterocycles. The maximum Gasteiger partial charge on any atom is 0.274 e. The summed E-state index contributed by atoms with van der Waals surface area (Å²) in [4.78, 5) is 15.9. The summed E-state index contributed by atoms with van der Waals surface area (Å²) in [5.74, 6) is -0.284. The summed E-state index contributed by atoms with van der Waals surface area (Å²) in [6.07, 6.45) is 1.56. The number of benzene rings is 1. The van der Waals surface area contributed by atoms with Gasteiger partial charge >= 0.3 is 0 Å². The lowest BCUT2D eigenvalue weighted by Gasteiger charge is -2.08. The molecule has 4 heteroatoms. The molecule has 0 saturated carbocycles. The number of nitriles is 1. The van der Waals surface area contributed by atoms with Gasteiger partial charge < -0.3 is 5.32 Å². The molecule has 1 aromatic carbocycles. The summed E-state index contributed by atoms with van der Waals surface area (Å²) in [6, 6.07) is 12.3. The van der Waals surface area contributed by atoms with Gasteiger partial charge in [-0.05, 0) is 36.8 Å². The lowest BCUT2D eigenvalue weighted by molar-refractivity contribution is 0.102. The van der Waals surface area contributed by atoms with Crippen LogP contribution >= 0.6 is 0 Å². The van der Waals surface area contributed by atoms with Crippen LogP contribution < -0.4 is 5.32 Å². The quantitative estimate of drug-likeness (QED) is 0.872. The Hall–Kier alpha value is -2.67. The van der Waals surface area contributed by atoms with E-state index < -0.39 is 0 Å². The van der Waals surface area contributed by atoms with Crippen LogP contribution in [0.1, 0.15) is 21.6 Å². The minimum Gasteiger partial charge on any atom is -0.320 e. The Bertz CT molecular complexity index is 615. The first-order valence-corrected chi connectivity index (χ1v) is 5.44. The Morgan fingerprint density at radius 3 is 2.83 bits per heavy atom. The molecule has 0 saturated heterocycles. The minimum atomic E-state index is -0.284. The maximum absolute atomic E-state index is 11.9. The molecule has 0 bridgehead atoms. The number of hydrogen-bond donors (Lipinski definition) is 1. The van der Waals surface area contributed by atoms with E-state index in [9.17, 15) is 4.79 Å². The highest BCUT2D eigenvalue weighted by Gasteiger charge is 2.08. The van der Waals surface area contributed by atoms with E-state index >= 15 is 0 Å². The lowest BCUT2D eigenvalue weighted by atomic mass is 10.1. The van der Waals surface area contributed by atoms with Crippen LogP contribution in [0, 0.1) is 18.3 Å². The third kappa shape index (κ3) is 2.53. The molecule has 1 heterocycles. The molecule has 88 valence electrons. The van der Waals surface area contributed by atoms with Crippen molar-refractivity contribution in [3.63, 3.8) is 0 Å². The highest BCUT2D eigenvalue weighted by atomic mass is 16.1. The van der Waals surface area contributed by atoms with Crippen LogP contribution in [0.3, 0.4) is 0 Å². The van der Waals surface area contributed by atoms with Crippen molar-refractivity contribution in [3.8, 4) is 6.07 Å². The molecule has 0 aliphatic rings. The summed E-state index contributed by atoms with van der Waals surface area (Å²) < 4.78 is 0. The third-order valence-electron chi connectivity index (χ3n) is 2.51. The zero-order valence-electron chi connectivity index (χ0n) is 9.84. The first-order chi connectivity index (χ1) is 8.70. The number of anilines is 1. The monoisotopic (exact) mass is 237 g/mol. The second-order valence-corrected chi connectivity index (χ2v) is 3.81. The molecule has 0 aliphatic carbocycles. The second kappa shape index (κ2) is 5.11. The second-order valence-electron chi connectivity index (χ2n) is 3.81. The molecule has 0 radical (unpaired) electrons. The summed E-state index contributed by atoms with van der Waals surface area (Å²) in [5.41, 5.74) is 2.39. The van der Waals surface area contributed by atoms with Gasteiger partial charge in [0.05, 0.1) is 11.6 Å². The molecule has 1 N–H and O–H groups in total. The SMILES string of the molecule is Cc1ccc(C#N)cc1NC(=O)c1ccccn1. The number of rotatable bonds is 2. The number of nitrogens with one attached hydrogen (secondary N) is 1. The zero-order chi connectivity index (χ0) is 13.0. The van der Waals surface area contributed by atoms with Gasteiger partial charge in [-0.1, -0.05) is 12.1 Å². The van der Waals surface area contributed by atoms with Gasteiger partial charge in [-0.15, -0.1) is 0 Å². The summed E-state index contributed by atoms with van der Waals surface area (Å²) in [5, 5.41) is 11.6. The van der Waals surface area contributed by atoms with E-state index in [0.29, 0.717) is 16.9 Å². The van der Waals surface area contributed by atoms with Crippen LogP contribution in [0.25, 0.3) is 0 Å². The van der Waals surface area contributed by atoms with Crippen molar-refractivity contribution in [2.24, 2.45) is 0 Å². The van der Waals surface area contributed by atoms with E-state index in [2.05, 4.69) is 10.3 Å². The number of aryl methyl sites for hydroxylation is 1. The predicted molar refractivity (Wildman–Crippen MR) is 68.1 cm³/mol. The van der Waals surface area contributed by atoms with Crippen LogP contribution in [-0.2, 0) is 0 Å². The van der Waals surface area contributed by atoms with Crippen LogP contribution in [0.15, 0.2) is 42.6 Å². The number of pyridine rings is 1. The van der Waals surface area contributed by atoms with Crippen LogP contribution in [0.4, 0.5) is 5.69 Å². The average molecular weight is 237 g/mol. The molecule has 1 amide bonds. The van der Waals surface area contributed by atoms with Crippen molar-refractivity contribution in [2.75, 3.05) is 5.32 Å². The normalized spacial score (nSPS) is 9.56. The number of amides is 1. The van der Waals surface area contributed by atoms with Gasteiger partial charge in [0, 0.05) is 11.9 Å². The van der Waals surface area contributed by atoms with Gasteiger partial charge in [0.15, 0.2) is 0 Å². The Kier molecular flexibility index (Phi) is 3.35. The molecule has 0 spiro atoms. The number of aromatic nitrogens is 1. The molecule has 2 rings (SSSR count). The fourth-order valence-electron chi connectivity index (χ4n) is 1.51. The van der Waals surface area contributed by atoms with E-state index in [4.69, 9.17) is 5.26 Å². The molecule has 18 heavy (non-hydrogen) atoms. The fraction of sp³-hybridized carbons (Fsp3) is 0.0714. The molecule has 0 fully saturated rings. The maximum atomic E-state index is 11.9. The van der Waals surface area contributed by atoms with Crippen molar-refractivity contribution < 1.29 is 4.79 Å². The first-order valence-electron chi connectivity index (χ1n) is 5.44. The highest BCUT2D eigenvalue weighted by molar-refractivity contribution is 6.03. The predicted octanol–water partition coefficient (Wildman–Crippen LogP) is 2.51. The van der Waals surface area contributed by atoms with Crippen molar-refractivity contribution in [1.29, 1.82) is 5.26 Å². The molecule has 4 nitrogen and oxygen atoms in total. The largest absolute Gasteiger partial charge is 0.320 e. The number of nitrogens with zero attached hydrogens (tertiary/aromatic N) is 2. The van der Waals surface area contributed by atoms with E-state index in [1.807, 2.05) is 13.0 Å². The van der Waals surface area contributed by atoms with Crippen LogP contribution in [0.2, 0.25) is 0 Å². The van der Waals surface area contributed by atoms with Crippen molar-refractivity contribution >= 4 is 11.6 Å². The molecule has 0 aliphatic heterocycles. The third-order valence-corrected chi connectivity index (χ3v) is 2.51. The van der Waals surface area contributed by atoms with Gasteiger partial charge in [0.2, 0.25) is 0 Å². The fourth-order valence-corrected chi connectivity index (χ4v) is 1.51. The number of hydrogen-bond acceptors (Lipinski definition) is 3. The van der Waals surface area contributed by atoms with Crippen LogP contribution in [0.5, 0.6) is 0 Å². The van der Waals surface area contributed by atoms with Gasteiger partial charge in [0.25, 0.3) is 5.91 Å². The number of carbonyl (C=O) groups is 1. The Labute approximate surface area is 105 Å². The molecular weight excluding hydrogens is 226 g/mol. The Balaban J connectivity index is 2.25. The molecule has 0 atom stereocenters. The van der Waals surface area contributed by atoms with Crippen molar-refractivity contribution in [2.45, 2.75) is 6.92 Å². The molecule has 0 unspecified atom stereocenters. The first kappa shape index (κ1) is 11.8. The van der Waals surface area contributed by atoms with Gasteiger partial charge in [-0.25, -0.2) is 0 Å². The van der Waals surface area contributed by atoms with E-state index in [-0.39, 0.29) is 5.91 Å². The van der Waals surface area contributed by atoms with Crippen molar-refractivity contribution in [1.82, 2.24) is 4.98 Å². The highest BCUT2D eigenvalue weighted by Crippen LogP contribution is 2.17. The number of carbonyl (C=O) groups excluding carboxylic acids is 1. The van der Waals surface area contributed by atoms with Gasteiger partial charge in [0.1, 0.15) is 5.69 Å². The van der Waals surface area contributed by atoms with Crippen LogP contribution in [-0.4, -0.2) is 10.9 Å². The van der Waals surface area contributed by atoms with E-state index in [1.165, 1.54) is 0 Å². The lowest BCUT2D eigenvalue weighted by Crippen LogP contribution is -2.14. The molecular formula is C14H11N3O. The zero-order valence-corrected chi connectivity index (χ0v) is 9.84. The summed E-state index contributed by atoms with van der Waals surface area (Å²) >= 11 is 0. The minimum absolute atomic E-state index is 0.284. The standard InChI is InChI=1S/C14H11N3O/c1-10-5-6-11(9-15)8-13(10)17-14(18)12-4-2-3-7-16-12/h2-8H,1H3,(H,17,18). The average Bonchev–Trinajstić information content (AvgIpc) is 2.42. The summed E-state index contributed by atoms with van der Waals surface area (Å²) in [6.45, 7) is 1.87. The summed E-state index contributed by atoms with van der Waals surface area (Å²) in [7, 11) is 0. The van der Waals surface area contributed by atoms with Gasteiger partial charge in [-0.2, -0.15) is 5.26 Å². The van der Waals surface area contributed by atoms with E-state index in [1.54, 1.807) is 42.6 Å².